The molecule has 0 saturated heterocycles. The Balaban J connectivity index is 1.82. The summed E-state index contributed by atoms with van der Waals surface area (Å²) in [6.07, 6.45) is 2.86. The van der Waals surface area contributed by atoms with Crippen LogP contribution in [0.25, 0.3) is 33.2 Å². The van der Waals surface area contributed by atoms with Crippen LogP contribution in [0.4, 0.5) is 0 Å². The summed E-state index contributed by atoms with van der Waals surface area (Å²) in [6.45, 7) is 1.98. The van der Waals surface area contributed by atoms with Crippen molar-refractivity contribution in [3.63, 3.8) is 0 Å². The van der Waals surface area contributed by atoms with Crippen LogP contribution in [0.2, 0.25) is 0 Å². The molecule has 0 aliphatic heterocycles. The van der Waals surface area contributed by atoms with E-state index in [0.29, 0.717) is 11.3 Å². The highest BCUT2D eigenvalue weighted by atomic mass is 32.2. The van der Waals surface area contributed by atoms with E-state index >= 15 is 0 Å². The number of amides is 1. The van der Waals surface area contributed by atoms with E-state index in [-0.39, 0.29) is 4.90 Å². The van der Waals surface area contributed by atoms with Crippen molar-refractivity contribution in [1.29, 1.82) is 0 Å². The molecule has 0 saturated carbocycles. The van der Waals surface area contributed by atoms with E-state index in [2.05, 4.69) is 10.2 Å². The van der Waals surface area contributed by atoms with Gasteiger partial charge in [-0.25, -0.2) is 8.42 Å². The predicted octanol–water partition coefficient (Wildman–Crippen LogP) is 3.77. The van der Waals surface area contributed by atoms with Gasteiger partial charge in [0.05, 0.1) is 11.1 Å². The minimum absolute atomic E-state index is 0.256. The first-order chi connectivity index (χ1) is 14.2. The molecule has 30 heavy (non-hydrogen) atoms. The van der Waals surface area contributed by atoms with E-state index in [0.717, 1.165) is 33.0 Å². The van der Waals surface area contributed by atoms with Crippen LogP contribution in [0.3, 0.4) is 0 Å². The summed E-state index contributed by atoms with van der Waals surface area (Å²) in [5.41, 5.74) is 10.2. The molecule has 3 aromatic carbocycles. The Labute approximate surface area is 174 Å². The second-order valence-electron chi connectivity index (χ2n) is 7.19. The summed E-state index contributed by atoms with van der Waals surface area (Å²) in [5, 5.41) is 10.2. The number of aryl methyl sites for hydroxylation is 1. The number of primary amides is 1. The fourth-order valence-corrected chi connectivity index (χ4v) is 4.05. The molecule has 0 fully saturated rings. The topological polar surface area (TPSA) is 103 Å². The van der Waals surface area contributed by atoms with Crippen LogP contribution >= 0.6 is 0 Å². The van der Waals surface area contributed by atoms with Gasteiger partial charge in [-0.15, -0.1) is 5.10 Å². The summed E-state index contributed by atoms with van der Waals surface area (Å²) < 4.78 is 23.4. The summed E-state index contributed by atoms with van der Waals surface area (Å²) in [6, 6.07) is 17.9. The molecule has 0 unspecified atom stereocenters. The number of carbonyl (C=O) groups is 1. The Morgan fingerprint density at radius 2 is 1.63 bits per heavy atom. The van der Waals surface area contributed by atoms with Gasteiger partial charge in [-0.05, 0) is 53.9 Å². The summed E-state index contributed by atoms with van der Waals surface area (Å²) in [4.78, 5) is 11.8. The number of aromatic nitrogens is 2. The number of fused-ring (bicyclic) bond motifs is 1. The molecular weight excluding hydrogens is 398 g/mol. The maximum atomic E-state index is 11.7. The van der Waals surface area contributed by atoms with Crippen molar-refractivity contribution >= 4 is 26.5 Å². The smallest absolute Gasteiger partial charge is 0.248 e. The molecule has 0 atom stereocenters. The molecule has 1 amide bonds. The first kappa shape index (κ1) is 19.7. The fourth-order valence-electron chi connectivity index (χ4n) is 3.41. The molecule has 0 aliphatic carbocycles. The molecule has 7 heteroatoms. The Morgan fingerprint density at radius 3 is 2.30 bits per heavy atom. The zero-order chi connectivity index (χ0) is 21.5. The molecule has 0 radical (unpaired) electrons. The maximum absolute atomic E-state index is 11.7. The van der Waals surface area contributed by atoms with Crippen LogP contribution in [0, 0.1) is 6.92 Å². The van der Waals surface area contributed by atoms with Crippen LogP contribution < -0.4 is 5.73 Å². The van der Waals surface area contributed by atoms with Gasteiger partial charge in [0, 0.05) is 28.2 Å². The number of sulfone groups is 1. The van der Waals surface area contributed by atoms with Crippen LogP contribution in [-0.4, -0.2) is 30.8 Å². The number of benzene rings is 3. The number of nitrogens with two attached hydrogens (primary N) is 1. The molecule has 6 nitrogen and oxygen atoms in total. The molecule has 150 valence electrons. The van der Waals surface area contributed by atoms with Gasteiger partial charge in [0.25, 0.3) is 0 Å². The number of hydrogen-bond donors (Lipinski definition) is 1. The largest absolute Gasteiger partial charge is 0.366 e. The van der Waals surface area contributed by atoms with E-state index < -0.39 is 15.7 Å². The van der Waals surface area contributed by atoms with E-state index in [9.17, 15) is 13.2 Å². The van der Waals surface area contributed by atoms with Crippen LogP contribution in [0.1, 0.15) is 15.9 Å². The van der Waals surface area contributed by atoms with E-state index in [1.54, 1.807) is 42.6 Å². The minimum Gasteiger partial charge on any atom is -0.366 e. The molecule has 1 aromatic heterocycles. The summed E-state index contributed by atoms with van der Waals surface area (Å²) >= 11 is 0. The lowest BCUT2D eigenvalue weighted by atomic mass is 9.95. The zero-order valence-electron chi connectivity index (χ0n) is 16.5. The average Bonchev–Trinajstić information content (AvgIpc) is 2.72. The SMILES string of the molecule is Cc1ccc(C(N)=O)cc1-c1ccc2c(-c3ccc(S(C)(=O)=O)cc3)nncc2c1. The predicted molar refractivity (Wildman–Crippen MR) is 117 cm³/mol. The molecule has 1 heterocycles. The molecular formula is C23H19N3O3S. The van der Waals surface area contributed by atoms with Crippen LogP contribution in [-0.2, 0) is 9.84 Å². The first-order valence-corrected chi connectivity index (χ1v) is 11.1. The maximum Gasteiger partial charge on any atom is 0.248 e. The minimum atomic E-state index is -3.26. The second kappa shape index (κ2) is 7.35. The summed E-state index contributed by atoms with van der Waals surface area (Å²) in [7, 11) is -3.26. The lowest BCUT2D eigenvalue weighted by molar-refractivity contribution is 0.100. The third-order valence-corrected chi connectivity index (χ3v) is 6.18. The van der Waals surface area contributed by atoms with E-state index in [4.69, 9.17) is 5.73 Å². The highest BCUT2D eigenvalue weighted by Crippen LogP contribution is 2.31. The molecule has 0 aliphatic rings. The van der Waals surface area contributed by atoms with Gasteiger partial charge < -0.3 is 5.73 Å². The number of rotatable bonds is 4. The third kappa shape index (κ3) is 3.67. The van der Waals surface area contributed by atoms with Crippen molar-refractivity contribution in [3.05, 3.63) is 78.0 Å². The number of carbonyl (C=O) groups excluding carboxylic acids is 1. The first-order valence-electron chi connectivity index (χ1n) is 9.21. The molecule has 2 N–H and O–H groups in total. The second-order valence-corrected chi connectivity index (χ2v) is 9.20. The van der Waals surface area contributed by atoms with Crippen molar-refractivity contribution in [3.8, 4) is 22.4 Å². The zero-order valence-corrected chi connectivity index (χ0v) is 17.3. The Hall–Kier alpha value is -3.58. The standard InChI is InChI=1S/C23H19N3O3S/c1-14-3-4-17(23(24)27)12-21(14)16-7-10-20-18(11-16)13-25-26-22(20)15-5-8-19(9-6-15)30(2,28)29/h3-13H,1-2H3,(H2,24,27). The third-order valence-electron chi connectivity index (χ3n) is 5.05. The van der Waals surface area contributed by atoms with E-state index in [1.165, 1.54) is 6.26 Å². The lowest BCUT2D eigenvalue weighted by Gasteiger charge is -2.11. The lowest BCUT2D eigenvalue weighted by Crippen LogP contribution is -2.10. The number of hydrogen-bond acceptors (Lipinski definition) is 5. The van der Waals surface area contributed by atoms with Crippen molar-refractivity contribution in [2.24, 2.45) is 5.73 Å². The molecule has 4 aromatic rings. The van der Waals surface area contributed by atoms with Crippen molar-refractivity contribution in [2.45, 2.75) is 11.8 Å². The fraction of sp³-hybridized carbons (Fsp3) is 0.0870. The Kier molecular flexibility index (Phi) is 4.83. The molecule has 0 bridgehead atoms. The van der Waals surface area contributed by atoms with Crippen LogP contribution in [0.15, 0.2) is 71.8 Å². The quantitative estimate of drug-likeness (QED) is 0.544. The monoisotopic (exact) mass is 417 g/mol. The van der Waals surface area contributed by atoms with Gasteiger partial charge in [0.2, 0.25) is 5.91 Å². The van der Waals surface area contributed by atoms with Gasteiger partial charge in [-0.2, -0.15) is 5.10 Å². The highest BCUT2D eigenvalue weighted by molar-refractivity contribution is 7.90. The Bertz CT molecular complexity index is 1400. The molecule has 0 spiro atoms. The summed E-state index contributed by atoms with van der Waals surface area (Å²) in [5.74, 6) is -0.470. The highest BCUT2D eigenvalue weighted by Gasteiger charge is 2.12. The Morgan fingerprint density at radius 1 is 0.933 bits per heavy atom. The molecule has 4 rings (SSSR count). The van der Waals surface area contributed by atoms with Gasteiger partial charge in [0.15, 0.2) is 9.84 Å². The van der Waals surface area contributed by atoms with E-state index in [1.807, 2.05) is 31.2 Å². The van der Waals surface area contributed by atoms with Gasteiger partial charge >= 0.3 is 0 Å². The average molecular weight is 417 g/mol. The van der Waals surface area contributed by atoms with Gasteiger partial charge in [0.1, 0.15) is 5.69 Å². The van der Waals surface area contributed by atoms with Gasteiger partial charge in [-0.1, -0.05) is 30.3 Å². The van der Waals surface area contributed by atoms with Crippen LogP contribution in [0.5, 0.6) is 0 Å². The van der Waals surface area contributed by atoms with Crippen molar-refractivity contribution in [1.82, 2.24) is 10.2 Å². The van der Waals surface area contributed by atoms with Crippen molar-refractivity contribution in [2.75, 3.05) is 6.26 Å². The van der Waals surface area contributed by atoms with Crippen molar-refractivity contribution < 1.29 is 13.2 Å². The van der Waals surface area contributed by atoms with Gasteiger partial charge in [-0.3, -0.25) is 4.79 Å². The number of nitrogens with zero attached hydrogens (tertiary/aromatic N) is 2. The normalized spacial score (nSPS) is 11.5.